The maximum absolute atomic E-state index is 4.34. The van der Waals surface area contributed by atoms with Gasteiger partial charge in [-0.3, -0.25) is 4.90 Å². The lowest BCUT2D eigenvalue weighted by molar-refractivity contribution is 0.149. The number of rotatable bonds is 3. The van der Waals surface area contributed by atoms with E-state index in [4.69, 9.17) is 0 Å². The smallest absolute Gasteiger partial charge is 0.106 e. The number of nitrogens with zero attached hydrogens (tertiary/aromatic N) is 2. The predicted octanol–water partition coefficient (Wildman–Crippen LogP) is 3.78. The van der Waals surface area contributed by atoms with Crippen LogP contribution < -0.4 is 0 Å². The highest BCUT2D eigenvalue weighted by Crippen LogP contribution is 2.30. The van der Waals surface area contributed by atoms with E-state index in [1.165, 1.54) is 44.3 Å². The van der Waals surface area contributed by atoms with Crippen LogP contribution in [-0.4, -0.2) is 23.0 Å². The molecule has 0 amide bonds. The Balaban J connectivity index is 2.13. The van der Waals surface area contributed by atoms with Gasteiger partial charge in [-0.05, 0) is 59.9 Å². The third kappa shape index (κ3) is 2.83. The lowest BCUT2D eigenvalue weighted by Gasteiger charge is -2.35. The molecular weight excluding hydrogens is 264 g/mol. The van der Waals surface area contributed by atoms with Crippen LogP contribution in [0.3, 0.4) is 0 Å². The number of hydrogen-bond donors (Lipinski definition) is 0. The minimum atomic E-state index is 0.592. The van der Waals surface area contributed by atoms with E-state index in [-0.39, 0.29) is 0 Å². The van der Waals surface area contributed by atoms with Crippen molar-refractivity contribution >= 4 is 15.9 Å². The van der Waals surface area contributed by atoms with Crippen LogP contribution in [0.15, 0.2) is 22.9 Å². The van der Waals surface area contributed by atoms with Crippen molar-refractivity contribution in [3.05, 3.63) is 28.5 Å². The number of piperidine rings is 1. The SMILES string of the molecule is CCCN1CCCC[C@@H]1c1ccc(Br)nc1. The van der Waals surface area contributed by atoms with E-state index in [0.29, 0.717) is 6.04 Å². The summed E-state index contributed by atoms with van der Waals surface area (Å²) in [4.78, 5) is 6.94. The summed E-state index contributed by atoms with van der Waals surface area (Å²) < 4.78 is 0.925. The van der Waals surface area contributed by atoms with E-state index < -0.39 is 0 Å². The fraction of sp³-hybridized carbons (Fsp3) is 0.615. The summed E-state index contributed by atoms with van der Waals surface area (Å²) in [7, 11) is 0. The van der Waals surface area contributed by atoms with Gasteiger partial charge in [0, 0.05) is 12.2 Å². The number of halogens is 1. The summed E-state index contributed by atoms with van der Waals surface area (Å²) in [6.45, 7) is 4.71. The summed E-state index contributed by atoms with van der Waals surface area (Å²) in [5.74, 6) is 0. The quantitative estimate of drug-likeness (QED) is 0.785. The Labute approximate surface area is 106 Å². The minimum Gasteiger partial charge on any atom is -0.296 e. The monoisotopic (exact) mass is 282 g/mol. The summed E-state index contributed by atoms with van der Waals surface area (Å²) in [5, 5.41) is 0. The Bertz CT molecular complexity index is 321. The molecule has 1 atom stereocenters. The van der Waals surface area contributed by atoms with E-state index in [2.05, 4.69) is 38.8 Å². The molecule has 1 aromatic rings. The van der Waals surface area contributed by atoms with Crippen molar-refractivity contribution in [3.8, 4) is 0 Å². The highest BCUT2D eigenvalue weighted by atomic mass is 79.9. The molecule has 0 bridgehead atoms. The first-order valence-electron chi connectivity index (χ1n) is 6.16. The van der Waals surface area contributed by atoms with Crippen LogP contribution in [0.5, 0.6) is 0 Å². The van der Waals surface area contributed by atoms with Crippen molar-refractivity contribution in [2.45, 2.75) is 38.6 Å². The fourth-order valence-corrected chi connectivity index (χ4v) is 2.74. The van der Waals surface area contributed by atoms with Crippen molar-refractivity contribution in [1.29, 1.82) is 0 Å². The summed E-state index contributed by atoms with van der Waals surface area (Å²) >= 11 is 3.39. The van der Waals surface area contributed by atoms with Crippen LogP contribution in [0, 0.1) is 0 Å². The molecule has 0 aliphatic carbocycles. The molecule has 0 radical (unpaired) electrons. The van der Waals surface area contributed by atoms with Gasteiger partial charge in [-0.15, -0.1) is 0 Å². The lowest BCUT2D eigenvalue weighted by Crippen LogP contribution is -2.34. The maximum atomic E-state index is 4.34. The van der Waals surface area contributed by atoms with E-state index in [1.54, 1.807) is 0 Å². The van der Waals surface area contributed by atoms with E-state index in [9.17, 15) is 0 Å². The summed E-state index contributed by atoms with van der Waals surface area (Å²) in [6.07, 6.45) is 7.23. The van der Waals surface area contributed by atoms with Crippen molar-refractivity contribution in [2.24, 2.45) is 0 Å². The third-order valence-corrected chi connectivity index (χ3v) is 3.73. The average molecular weight is 283 g/mol. The molecule has 2 rings (SSSR count). The van der Waals surface area contributed by atoms with Gasteiger partial charge in [-0.25, -0.2) is 4.98 Å². The standard InChI is InChI=1S/C13H19BrN2/c1-2-8-16-9-4-3-5-12(16)11-6-7-13(14)15-10-11/h6-7,10,12H,2-5,8-9H2,1H3/t12-/m1/s1. The third-order valence-electron chi connectivity index (χ3n) is 3.26. The van der Waals surface area contributed by atoms with Crippen molar-refractivity contribution in [2.75, 3.05) is 13.1 Å². The van der Waals surface area contributed by atoms with Crippen LogP contribution in [-0.2, 0) is 0 Å². The molecule has 88 valence electrons. The number of aromatic nitrogens is 1. The van der Waals surface area contributed by atoms with Crippen LogP contribution in [0.2, 0.25) is 0 Å². The zero-order valence-electron chi connectivity index (χ0n) is 9.82. The van der Waals surface area contributed by atoms with Gasteiger partial charge in [0.05, 0.1) is 0 Å². The molecule has 1 fully saturated rings. The van der Waals surface area contributed by atoms with Crippen LogP contribution in [0.25, 0.3) is 0 Å². The second-order valence-electron chi connectivity index (χ2n) is 4.46. The Morgan fingerprint density at radius 3 is 3.00 bits per heavy atom. The fourth-order valence-electron chi connectivity index (χ4n) is 2.51. The molecule has 2 heterocycles. The number of hydrogen-bond acceptors (Lipinski definition) is 2. The van der Waals surface area contributed by atoms with Crippen molar-refractivity contribution < 1.29 is 0 Å². The molecule has 0 N–H and O–H groups in total. The maximum Gasteiger partial charge on any atom is 0.106 e. The zero-order valence-corrected chi connectivity index (χ0v) is 11.4. The van der Waals surface area contributed by atoms with Gasteiger partial charge < -0.3 is 0 Å². The van der Waals surface area contributed by atoms with E-state index in [1.807, 2.05) is 12.3 Å². The molecular formula is C13H19BrN2. The van der Waals surface area contributed by atoms with Gasteiger partial charge in [0.1, 0.15) is 4.60 Å². The Hall–Kier alpha value is -0.410. The Morgan fingerprint density at radius 1 is 1.44 bits per heavy atom. The van der Waals surface area contributed by atoms with Gasteiger partial charge >= 0.3 is 0 Å². The highest BCUT2D eigenvalue weighted by Gasteiger charge is 2.23. The lowest BCUT2D eigenvalue weighted by atomic mass is 9.96. The molecule has 1 aromatic heterocycles. The minimum absolute atomic E-state index is 0.592. The summed E-state index contributed by atoms with van der Waals surface area (Å²) in [5.41, 5.74) is 1.37. The van der Waals surface area contributed by atoms with Gasteiger partial charge in [0.2, 0.25) is 0 Å². The highest BCUT2D eigenvalue weighted by molar-refractivity contribution is 9.10. The molecule has 1 aliphatic heterocycles. The van der Waals surface area contributed by atoms with Gasteiger partial charge in [0.25, 0.3) is 0 Å². The molecule has 0 aromatic carbocycles. The topological polar surface area (TPSA) is 16.1 Å². The molecule has 0 spiro atoms. The second kappa shape index (κ2) is 5.78. The molecule has 3 heteroatoms. The largest absolute Gasteiger partial charge is 0.296 e. The first kappa shape index (κ1) is 12.1. The average Bonchev–Trinajstić information content (AvgIpc) is 2.32. The van der Waals surface area contributed by atoms with Crippen LogP contribution >= 0.6 is 15.9 Å². The van der Waals surface area contributed by atoms with Crippen molar-refractivity contribution in [3.63, 3.8) is 0 Å². The first-order chi connectivity index (χ1) is 7.81. The van der Waals surface area contributed by atoms with Crippen molar-refractivity contribution in [1.82, 2.24) is 9.88 Å². The molecule has 1 saturated heterocycles. The van der Waals surface area contributed by atoms with Gasteiger partial charge in [-0.1, -0.05) is 19.4 Å². The molecule has 16 heavy (non-hydrogen) atoms. The van der Waals surface area contributed by atoms with Crippen LogP contribution in [0.1, 0.15) is 44.2 Å². The molecule has 0 saturated carbocycles. The Kier molecular flexibility index (Phi) is 4.36. The normalized spacial score (nSPS) is 22.2. The number of pyridine rings is 1. The van der Waals surface area contributed by atoms with Gasteiger partial charge in [0.15, 0.2) is 0 Å². The van der Waals surface area contributed by atoms with Gasteiger partial charge in [-0.2, -0.15) is 0 Å². The number of likely N-dealkylation sites (tertiary alicyclic amines) is 1. The zero-order chi connectivity index (χ0) is 11.4. The van der Waals surface area contributed by atoms with E-state index >= 15 is 0 Å². The first-order valence-corrected chi connectivity index (χ1v) is 6.96. The summed E-state index contributed by atoms with van der Waals surface area (Å²) in [6, 6.07) is 4.85. The second-order valence-corrected chi connectivity index (χ2v) is 5.27. The molecule has 2 nitrogen and oxygen atoms in total. The van der Waals surface area contributed by atoms with E-state index in [0.717, 1.165) is 4.60 Å². The Morgan fingerprint density at radius 2 is 2.31 bits per heavy atom. The molecule has 1 aliphatic rings. The molecule has 0 unspecified atom stereocenters. The van der Waals surface area contributed by atoms with Crippen LogP contribution in [0.4, 0.5) is 0 Å². The predicted molar refractivity (Wildman–Crippen MR) is 70.4 cm³/mol.